The molecule has 2 fully saturated rings. The summed E-state index contributed by atoms with van der Waals surface area (Å²) in [7, 11) is 0. The van der Waals surface area contributed by atoms with E-state index >= 15 is 0 Å². The van der Waals surface area contributed by atoms with Gasteiger partial charge in [0, 0.05) is 31.0 Å². The van der Waals surface area contributed by atoms with E-state index in [1.807, 2.05) is 18.2 Å². The summed E-state index contributed by atoms with van der Waals surface area (Å²) in [6, 6.07) is 5.34. The number of aromatic amines is 1. The molecule has 1 aromatic heterocycles. The Hall–Kier alpha value is -3.11. The molecular formula is C22H27N7O3. The van der Waals surface area contributed by atoms with Crippen LogP contribution in [0, 0.1) is 0 Å². The maximum absolute atomic E-state index is 13.3. The molecule has 0 aliphatic carbocycles. The van der Waals surface area contributed by atoms with Gasteiger partial charge in [-0.05, 0) is 43.5 Å². The number of rotatable bonds is 5. The number of hydrogen-bond donors (Lipinski definition) is 3. The van der Waals surface area contributed by atoms with Gasteiger partial charge in [-0.15, -0.1) is 0 Å². The molecule has 1 unspecified atom stereocenters. The minimum Gasteiger partial charge on any atom is -0.324 e. The monoisotopic (exact) mass is 437 g/mol. The van der Waals surface area contributed by atoms with Gasteiger partial charge >= 0.3 is 0 Å². The van der Waals surface area contributed by atoms with Crippen molar-refractivity contribution in [3.05, 3.63) is 46.5 Å². The number of nitrogens with one attached hydrogen (secondary N) is 2. The van der Waals surface area contributed by atoms with E-state index in [-0.39, 0.29) is 24.1 Å². The normalized spacial score (nSPS) is 22.3. The molecule has 4 N–H and O–H groups in total. The molecule has 3 aliphatic rings. The highest BCUT2D eigenvalue weighted by molar-refractivity contribution is 6.05. The molecule has 2 saturated heterocycles. The Balaban J connectivity index is 1.26. The molecule has 0 radical (unpaired) electrons. The number of nitrogens with two attached hydrogens (primary N) is 1. The van der Waals surface area contributed by atoms with Crippen LogP contribution in [0.15, 0.2) is 18.2 Å². The molecular weight excluding hydrogens is 410 g/mol. The minimum absolute atomic E-state index is 0.116. The van der Waals surface area contributed by atoms with Gasteiger partial charge in [0.05, 0.1) is 6.54 Å². The van der Waals surface area contributed by atoms with Crippen LogP contribution >= 0.6 is 0 Å². The second-order valence-corrected chi connectivity index (χ2v) is 8.75. The van der Waals surface area contributed by atoms with E-state index in [0.717, 1.165) is 42.9 Å². The zero-order valence-corrected chi connectivity index (χ0v) is 17.8. The first-order chi connectivity index (χ1) is 15.5. The first-order valence-electron chi connectivity index (χ1n) is 11.1. The van der Waals surface area contributed by atoms with Crippen LogP contribution in [0.3, 0.4) is 0 Å². The lowest BCUT2D eigenvalue weighted by atomic mass is 9.95. The fraction of sp³-hybridized carbons (Fsp3) is 0.500. The van der Waals surface area contributed by atoms with E-state index in [1.165, 1.54) is 0 Å². The van der Waals surface area contributed by atoms with Crippen LogP contribution < -0.4 is 11.1 Å². The summed E-state index contributed by atoms with van der Waals surface area (Å²) in [4.78, 5) is 45.5. The quantitative estimate of drug-likeness (QED) is 0.576. The number of carbonyl (C=O) groups excluding carboxylic acids is 3. The number of benzene rings is 1. The Kier molecular flexibility index (Phi) is 5.48. The molecule has 5 rings (SSSR count). The van der Waals surface area contributed by atoms with Gasteiger partial charge in [-0.2, -0.15) is 5.10 Å². The maximum Gasteiger partial charge on any atom is 0.255 e. The van der Waals surface area contributed by atoms with Crippen LogP contribution in [-0.2, 0) is 29.2 Å². The number of nitrogens with zero attached hydrogens (tertiary/aromatic N) is 4. The van der Waals surface area contributed by atoms with Gasteiger partial charge in [0.2, 0.25) is 11.8 Å². The third kappa shape index (κ3) is 3.80. The van der Waals surface area contributed by atoms with E-state index in [2.05, 4.69) is 25.4 Å². The van der Waals surface area contributed by atoms with Gasteiger partial charge in [0.1, 0.15) is 11.9 Å². The zero-order chi connectivity index (χ0) is 22.2. The SMILES string of the molecule is NCc1nc(C2CCN(Cc3cccc4c3C(=O)N(C3CCC(=O)NC3=O)C4)CC2)n[nH]1. The van der Waals surface area contributed by atoms with Crippen molar-refractivity contribution < 1.29 is 14.4 Å². The van der Waals surface area contributed by atoms with E-state index in [1.54, 1.807) is 4.90 Å². The van der Waals surface area contributed by atoms with Crippen molar-refractivity contribution in [1.29, 1.82) is 0 Å². The van der Waals surface area contributed by atoms with Crippen molar-refractivity contribution in [2.75, 3.05) is 13.1 Å². The summed E-state index contributed by atoms with van der Waals surface area (Å²) in [6.45, 7) is 3.24. The number of likely N-dealkylation sites (tertiary alicyclic amines) is 1. The van der Waals surface area contributed by atoms with Crippen LogP contribution in [0.25, 0.3) is 0 Å². The Morgan fingerprint density at radius 1 is 1.12 bits per heavy atom. The fourth-order valence-electron chi connectivity index (χ4n) is 5.00. The van der Waals surface area contributed by atoms with Gasteiger partial charge in [-0.1, -0.05) is 18.2 Å². The molecule has 32 heavy (non-hydrogen) atoms. The van der Waals surface area contributed by atoms with Crippen molar-refractivity contribution in [2.45, 2.75) is 57.3 Å². The van der Waals surface area contributed by atoms with Crippen LogP contribution in [0.2, 0.25) is 0 Å². The average molecular weight is 438 g/mol. The number of fused-ring (bicyclic) bond motifs is 1. The van der Waals surface area contributed by atoms with E-state index in [4.69, 9.17) is 5.73 Å². The first kappa shape index (κ1) is 20.8. The molecule has 3 aliphatic heterocycles. The number of hydrogen-bond acceptors (Lipinski definition) is 7. The van der Waals surface area contributed by atoms with Crippen LogP contribution in [0.1, 0.15) is 64.7 Å². The summed E-state index contributed by atoms with van der Waals surface area (Å²) in [6.07, 6.45) is 2.54. The lowest BCUT2D eigenvalue weighted by Crippen LogP contribution is -2.52. The predicted molar refractivity (Wildman–Crippen MR) is 114 cm³/mol. The van der Waals surface area contributed by atoms with Crippen LogP contribution in [-0.4, -0.2) is 61.8 Å². The molecule has 1 aromatic carbocycles. The fourth-order valence-corrected chi connectivity index (χ4v) is 5.00. The lowest BCUT2D eigenvalue weighted by Gasteiger charge is -2.31. The van der Waals surface area contributed by atoms with E-state index < -0.39 is 6.04 Å². The number of H-pyrrole nitrogens is 1. The highest BCUT2D eigenvalue weighted by atomic mass is 16.2. The van der Waals surface area contributed by atoms with E-state index in [9.17, 15) is 14.4 Å². The summed E-state index contributed by atoms with van der Waals surface area (Å²) in [5, 5.41) is 9.54. The third-order valence-corrected chi connectivity index (χ3v) is 6.73. The number of imide groups is 1. The first-order valence-corrected chi connectivity index (χ1v) is 11.1. The lowest BCUT2D eigenvalue weighted by molar-refractivity contribution is -0.136. The second kappa shape index (κ2) is 8.44. The van der Waals surface area contributed by atoms with Crippen molar-refractivity contribution in [3.8, 4) is 0 Å². The van der Waals surface area contributed by atoms with Crippen molar-refractivity contribution >= 4 is 17.7 Å². The molecule has 0 spiro atoms. The van der Waals surface area contributed by atoms with Crippen LogP contribution in [0.4, 0.5) is 0 Å². The number of piperidine rings is 2. The molecule has 1 atom stereocenters. The molecule has 3 amide bonds. The third-order valence-electron chi connectivity index (χ3n) is 6.73. The Labute approximate surface area is 185 Å². The molecule has 10 nitrogen and oxygen atoms in total. The van der Waals surface area contributed by atoms with Crippen LogP contribution in [0.5, 0.6) is 0 Å². The van der Waals surface area contributed by atoms with Gasteiger partial charge < -0.3 is 10.6 Å². The molecule has 2 aromatic rings. The summed E-state index contributed by atoms with van der Waals surface area (Å²) in [5.41, 5.74) is 8.26. The second-order valence-electron chi connectivity index (χ2n) is 8.75. The average Bonchev–Trinajstić information content (AvgIpc) is 3.40. The maximum atomic E-state index is 13.3. The van der Waals surface area contributed by atoms with Crippen molar-refractivity contribution in [2.24, 2.45) is 5.73 Å². The summed E-state index contributed by atoms with van der Waals surface area (Å²) < 4.78 is 0. The van der Waals surface area contributed by atoms with Crippen molar-refractivity contribution in [3.63, 3.8) is 0 Å². The Bertz CT molecular complexity index is 1060. The van der Waals surface area contributed by atoms with Gasteiger partial charge in [-0.3, -0.25) is 29.7 Å². The highest BCUT2D eigenvalue weighted by Crippen LogP contribution is 2.32. The number of carbonyl (C=O) groups is 3. The van der Waals surface area contributed by atoms with Gasteiger partial charge in [-0.25, -0.2) is 4.98 Å². The smallest absolute Gasteiger partial charge is 0.255 e. The van der Waals surface area contributed by atoms with Gasteiger partial charge in [0.25, 0.3) is 5.91 Å². The zero-order valence-electron chi connectivity index (χ0n) is 17.8. The minimum atomic E-state index is -0.587. The molecule has 0 saturated carbocycles. The summed E-state index contributed by atoms with van der Waals surface area (Å²) in [5.74, 6) is 1.09. The van der Waals surface area contributed by atoms with Crippen molar-refractivity contribution in [1.82, 2.24) is 30.3 Å². The molecule has 0 bridgehead atoms. The van der Waals surface area contributed by atoms with Gasteiger partial charge in [0.15, 0.2) is 5.82 Å². The summed E-state index contributed by atoms with van der Waals surface area (Å²) >= 11 is 0. The standard InChI is InChI=1S/C22H27N7O3/c23-10-17-24-20(27-26-17)13-6-8-28(9-7-13)11-14-2-1-3-15-12-29(22(32)19(14)15)16-4-5-18(30)25-21(16)31/h1-3,13,16H,4-12,23H2,(H,24,26,27)(H,25,30,31). The number of aromatic nitrogens is 3. The predicted octanol–water partition coefficient (Wildman–Crippen LogP) is 0.404. The molecule has 10 heteroatoms. The highest BCUT2D eigenvalue weighted by Gasteiger charge is 2.40. The topological polar surface area (TPSA) is 137 Å². The number of amides is 3. The van der Waals surface area contributed by atoms with E-state index in [0.29, 0.717) is 43.4 Å². The molecule has 4 heterocycles. The largest absolute Gasteiger partial charge is 0.324 e. The molecule has 168 valence electrons. The Morgan fingerprint density at radius 2 is 1.94 bits per heavy atom. The Morgan fingerprint density at radius 3 is 2.66 bits per heavy atom.